The maximum atomic E-state index is 13.0. The largest absolute Gasteiger partial charge is 0.350 e. The van der Waals surface area contributed by atoms with Crippen LogP contribution in [0.3, 0.4) is 0 Å². The highest BCUT2D eigenvalue weighted by molar-refractivity contribution is 6.30. The fraction of sp³-hybridized carbons (Fsp3) is 0.125. The highest BCUT2D eigenvalue weighted by Crippen LogP contribution is 2.09. The van der Waals surface area contributed by atoms with Crippen LogP contribution in [0.5, 0.6) is 0 Å². The summed E-state index contributed by atoms with van der Waals surface area (Å²) in [5.74, 6) is -1.11. The van der Waals surface area contributed by atoms with E-state index in [2.05, 4.69) is 10.6 Å². The van der Waals surface area contributed by atoms with Crippen molar-refractivity contribution < 1.29 is 14.0 Å². The molecule has 0 saturated carbocycles. The summed E-state index contributed by atoms with van der Waals surface area (Å²) in [6.07, 6.45) is 0. The van der Waals surface area contributed by atoms with Crippen LogP contribution < -0.4 is 10.6 Å². The lowest BCUT2D eigenvalue weighted by Gasteiger charge is -2.07. The van der Waals surface area contributed by atoms with Crippen LogP contribution in [-0.4, -0.2) is 24.9 Å². The van der Waals surface area contributed by atoms with Gasteiger partial charge in [0.1, 0.15) is 5.82 Å². The molecule has 4 nitrogen and oxygen atoms in total. The minimum absolute atomic E-state index is 0.240. The Morgan fingerprint density at radius 3 is 2.09 bits per heavy atom. The molecule has 0 fully saturated rings. The van der Waals surface area contributed by atoms with Crippen molar-refractivity contribution in [3.63, 3.8) is 0 Å². The average molecular weight is 321 g/mol. The topological polar surface area (TPSA) is 58.2 Å². The zero-order valence-corrected chi connectivity index (χ0v) is 12.4. The van der Waals surface area contributed by atoms with Crippen LogP contribution in [0, 0.1) is 5.82 Å². The minimum Gasteiger partial charge on any atom is -0.350 e. The first-order valence-corrected chi connectivity index (χ1v) is 7.01. The van der Waals surface area contributed by atoms with Crippen LogP contribution in [-0.2, 0) is 0 Å². The summed E-state index contributed by atoms with van der Waals surface area (Å²) in [7, 11) is 0. The van der Waals surface area contributed by atoms with E-state index < -0.39 is 5.82 Å². The number of rotatable bonds is 5. The van der Waals surface area contributed by atoms with Gasteiger partial charge in [-0.1, -0.05) is 17.7 Å². The number of nitrogens with one attached hydrogen (secondary N) is 2. The fourth-order valence-electron chi connectivity index (χ4n) is 1.79. The van der Waals surface area contributed by atoms with Crippen LogP contribution in [0.25, 0.3) is 0 Å². The Bertz CT molecular complexity index is 674. The van der Waals surface area contributed by atoms with E-state index in [1.54, 1.807) is 24.3 Å². The zero-order chi connectivity index (χ0) is 15.9. The molecule has 2 aromatic carbocycles. The quantitative estimate of drug-likeness (QED) is 0.832. The molecule has 0 radical (unpaired) electrons. The van der Waals surface area contributed by atoms with E-state index in [0.29, 0.717) is 10.6 Å². The van der Waals surface area contributed by atoms with Crippen LogP contribution in [0.2, 0.25) is 5.02 Å². The van der Waals surface area contributed by atoms with Gasteiger partial charge in [0.05, 0.1) is 0 Å². The Morgan fingerprint density at radius 2 is 1.50 bits per heavy atom. The molecule has 0 spiro atoms. The van der Waals surface area contributed by atoms with Gasteiger partial charge in [-0.3, -0.25) is 9.59 Å². The molecule has 0 heterocycles. The molecule has 0 aliphatic carbocycles. The van der Waals surface area contributed by atoms with Gasteiger partial charge in [0.2, 0.25) is 0 Å². The molecule has 0 bridgehead atoms. The van der Waals surface area contributed by atoms with Gasteiger partial charge in [-0.2, -0.15) is 0 Å². The van der Waals surface area contributed by atoms with E-state index in [-0.39, 0.29) is 30.5 Å². The molecule has 0 saturated heterocycles. The molecule has 0 aliphatic rings. The second kappa shape index (κ2) is 7.56. The van der Waals surface area contributed by atoms with Gasteiger partial charge in [-0.05, 0) is 42.5 Å². The van der Waals surface area contributed by atoms with Gasteiger partial charge in [-0.25, -0.2) is 4.39 Å². The number of hydrogen-bond donors (Lipinski definition) is 2. The van der Waals surface area contributed by atoms with Crippen molar-refractivity contribution in [3.05, 3.63) is 70.5 Å². The first-order valence-electron chi connectivity index (χ1n) is 6.64. The maximum absolute atomic E-state index is 13.0. The third-order valence-corrected chi connectivity index (χ3v) is 3.14. The molecular weight excluding hydrogens is 307 g/mol. The predicted octanol–water partition coefficient (Wildman–Crippen LogP) is 2.64. The standard InChI is InChI=1S/C16H14ClFN2O2/c17-13-6-4-11(5-7-13)15(21)19-8-9-20-16(22)12-2-1-3-14(18)10-12/h1-7,10H,8-9H2,(H,19,21)(H,20,22). The lowest BCUT2D eigenvalue weighted by atomic mass is 10.2. The number of hydrogen-bond acceptors (Lipinski definition) is 2. The Labute approximate surface area is 132 Å². The van der Waals surface area contributed by atoms with Crippen molar-refractivity contribution in [1.29, 1.82) is 0 Å². The lowest BCUT2D eigenvalue weighted by Crippen LogP contribution is -2.34. The van der Waals surface area contributed by atoms with Crippen molar-refractivity contribution in [2.75, 3.05) is 13.1 Å². The second-order valence-electron chi connectivity index (χ2n) is 4.53. The van der Waals surface area contributed by atoms with E-state index in [9.17, 15) is 14.0 Å². The SMILES string of the molecule is O=C(NCCNC(=O)c1cccc(F)c1)c1ccc(Cl)cc1. The Morgan fingerprint density at radius 1 is 0.909 bits per heavy atom. The molecule has 2 N–H and O–H groups in total. The summed E-state index contributed by atoms with van der Waals surface area (Å²) in [5.41, 5.74) is 0.727. The van der Waals surface area contributed by atoms with Crippen LogP contribution in [0.15, 0.2) is 48.5 Å². The van der Waals surface area contributed by atoms with Gasteiger partial charge in [0.25, 0.3) is 11.8 Å². The number of amides is 2. The summed E-state index contributed by atoms with van der Waals surface area (Å²) >= 11 is 5.74. The van der Waals surface area contributed by atoms with Gasteiger partial charge in [0, 0.05) is 29.2 Å². The molecule has 2 aromatic rings. The van der Waals surface area contributed by atoms with E-state index >= 15 is 0 Å². The first-order chi connectivity index (χ1) is 10.6. The molecule has 6 heteroatoms. The van der Waals surface area contributed by atoms with Crippen molar-refractivity contribution in [1.82, 2.24) is 10.6 Å². The van der Waals surface area contributed by atoms with Gasteiger partial charge in [0.15, 0.2) is 0 Å². The predicted molar refractivity (Wildman–Crippen MR) is 82.5 cm³/mol. The van der Waals surface area contributed by atoms with Crippen LogP contribution >= 0.6 is 11.6 Å². The first kappa shape index (κ1) is 16.0. The number of benzene rings is 2. The molecule has 114 valence electrons. The van der Waals surface area contributed by atoms with Crippen LogP contribution in [0.1, 0.15) is 20.7 Å². The summed E-state index contributed by atoms with van der Waals surface area (Å²) < 4.78 is 13.0. The monoisotopic (exact) mass is 320 g/mol. The molecule has 0 aromatic heterocycles. The number of carbonyl (C=O) groups is 2. The zero-order valence-electron chi connectivity index (χ0n) is 11.6. The Kier molecular flexibility index (Phi) is 5.49. The maximum Gasteiger partial charge on any atom is 0.251 e. The minimum atomic E-state index is -0.469. The Hall–Kier alpha value is -2.40. The fourth-order valence-corrected chi connectivity index (χ4v) is 1.91. The van der Waals surface area contributed by atoms with Gasteiger partial charge in [-0.15, -0.1) is 0 Å². The van der Waals surface area contributed by atoms with E-state index in [0.717, 1.165) is 6.07 Å². The lowest BCUT2D eigenvalue weighted by molar-refractivity contribution is 0.0927. The molecule has 0 unspecified atom stereocenters. The normalized spacial score (nSPS) is 10.1. The highest BCUT2D eigenvalue weighted by Gasteiger charge is 2.07. The van der Waals surface area contributed by atoms with Crippen molar-refractivity contribution in [3.8, 4) is 0 Å². The van der Waals surface area contributed by atoms with Gasteiger partial charge >= 0.3 is 0 Å². The summed E-state index contributed by atoms with van der Waals surface area (Å²) in [4.78, 5) is 23.5. The van der Waals surface area contributed by atoms with Crippen molar-refractivity contribution >= 4 is 23.4 Å². The smallest absolute Gasteiger partial charge is 0.251 e. The molecule has 0 atom stereocenters. The number of carbonyl (C=O) groups excluding carboxylic acids is 2. The second-order valence-corrected chi connectivity index (χ2v) is 4.97. The molecule has 2 rings (SSSR count). The highest BCUT2D eigenvalue weighted by atomic mass is 35.5. The summed E-state index contributed by atoms with van der Waals surface area (Å²) in [6.45, 7) is 0.511. The third-order valence-electron chi connectivity index (χ3n) is 2.89. The molecule has 2 amide bonds. The third kappa shape index (κ3) is 4.56. The summed E-state index contributed by atoms with van der Waals surface area (Å²) in [6, 6.07) is 11.9. The molecular formula is C16H14ClFN2O2. The van der Waals surface area contributed by atoms with E-state index in [1.807, 2.05) is 0 Å². The van der Waals surface area contributed by atoms with Crippen LogP contribution in [0.4, 0.5) is 4.39 Å². The van der Waals surface area contributed by atoms with Gasteiger partial charge < -0.3 is 10.6 Å². The number of halogens is 2. The van der Waals surface area contributed by atoms with Crippen molar-refractivity contribution in [2.45, 2.75) is 0 Å². The molecule has 22 heavy (non-hydrogen) atoms. The Balaban J connectivity index is 1.76. The van der Waals surface area contributed by atoms with E-state index in [1.165, 1.54) is 18.2 Å². The molecule has 0 aliphatic heterocycles. The van der Waals surface area contributed by atoms with E-state index in [4.69, 9.17) is 11.6 Å². The average Bonchev–Trinajstić information content (AvgIpc) is 2.51. The summed E-state index contributed by atoms with van der Waals surface area (Å²) in [5, 5.41) is 5.82. The van der Waals surface area contributed by atoms with Crippen molar-refractivity contribution in [2.24, 2.45) is 0 Å².